The van der Waals surface area contributed by atoms with Gasteiger partial charge in [-0.1, -0.05) is 12.1 Å². The molecule has 1 aromatic heterocycles. The summed E-state index contributed by atoms with van der Waals surface area (Å²) >= 11 is 0. The van der Waals surface area contributed by atoms with Gasteiger partial charge in [-0.15, -0.1) is 0 Å². The fourth-order valence-electron chi connectivity index (χ4n) is 4.99. The lowest BCUT2D eigenvalue weighted by Crippen LogP contribution is -2.41. The molecule has 2 N–H and O–H groups in total. The number of aromatic nitrogens is 2. The summed E-state index contributed by atoms with van der Waals surface area (Å²) < 4.78 is 50.3. The summed E-state index contributed by atoms with van der Waals surface area (Å²) in [6.07, 6.45) is 0.502. The summed E-state index contributed by atoms with van der Waals surface area (Å²) in [5, 5.41) is 13.7. The SMILES string of the molecule is COCC[C@@]1(C)C(=O)N(C)c2cc3c(N[C@H](C)c4cccc(C(F)(F)C(C)(C)O)c4F)nc(C)nc3cc21. The molecule has 0 spiro atoms. The summed E-state index contributed by atoms with van der Waals surface area (Å²) in [7, 11) is 3.30. The highest BCUT2D eigenvalue weighted by Gasteiger charge is 2.49. The topological polar surface area (TPSA) is 87.6 Å². The van der Waals surface area contributed by atoms with Crippen molar-refractivity contribution in [2.24, 2.45) is 0 Å². The molecule has 38 heavy (non-hydrogen) atoms. The van der Waals surface area contributed by atoms with Gasteiger partial charge in [0.2, 0.25) is 5.91 Å². The molecule has 4 rings (SSSR count). The lowest BCUT2D eigenvalue weighted by atomic mass is 9.80. The molecule has 7 nitrogen and oxygen atoms in total. The molecule has 2 atom stereocenters. The molecule has 0 aliphatic carbocycles. The number of ether oxygens (including phenoxy) is 1. The number of anilines is 2. The number of halogens is 3. The van der Waals surface area contributed by atoms with Crippen LogP contribution in [0.4, 0.5) is 24.7 Å². The maximum atomic E-state index is 15.4. The fraction of sp³-hybridized carbons (Fsp3) is 0.464. The Hall–Kier alpha value is -3.24. The Bertz CT molecular complexity index is 1410. The van der Waals surface area contributed by atoms with Crippen LogP contribution in [0.1, 0.15) is 62.7 Å². The van der Waals surface area contributed by atoms with E-state index in [4.69, 9.17) is 4.74 Å². The predicted molar refractivity (Wildman–Crippen MR) is 140 cm³/mol. The molecule has 0 saturated carbocycles. The summed E-state index contributed by atoms with van der Waals surface area (Å²) in [4.78, 5) is 23.9. The number of hydrogen-bond donors (Lipinski definition) is 2. The Kier molecular flexibility index (Phi) is 6.95. The van der Waals surface area contributed by atoms with Crippen LogP contribution in [0.25, 0.3) is 10.9 Å². The second-order valence-electron chi connectivity index (χ2n) is 10.7. The van der Waals surface area contributed by atoms with E-state index in [1.807, 2.05) is 19.1 Å². The van der Waals surface area contributed by atoms with Crippen molar-refractivity contribution in [1.29, 1.82) is 0 Å². The number of hydrogen-bond acceptors (Lipinski definition) is 6. The van der Waals surface area contributed by atoms with E-state index in [1.165, 1.54) is 12.1 Å². The molecule has 3 aromatic rings. The van der Waals surface area contributed by atoms with Crippen molar-refractivity contribution in [3.05, 3.63) is 58.7 Å². The zero-order valence-electron chi connectivity index (χ0n) is 22.6. The first-order chi connectivity index (χ1) is 17.6. The number of aryl methyl sites for hydroxylation is 1. The third kappa shape index (κ3) is 4.39. The average Bonchev–Trinajstić information content (AvgIpc) is 3.01. The van der Waals surface area contributed by atoms with Gasteiger partial charge in [-0.25, -0.2) is 14.4 Å². The zero-order chi connectivity index (χ0) is 28.2. The van der Waals surface area contributed by atoms with Crippen molar-refractivity contribution in [2.75, 3.05) is 31.0 Å². The molecule has 1 aliphatic rings. The fourth-order valence-corrected chi connectivity index (χ4v) is 4.99. The van der Waals surface area contributed by atoms with Gasteiger partial charge >= 0.3 is 5.92 Å². The van der Waals surface area contributed by atoms with Crippen LogP contribution in [0.15, 0.2) is 30.3 Å². The van der Waals surface area contributed by atoms with Crippen LogP contribution >= 0.6 is 0 Å². The van der Waals surface area contributed by atoms with Gasteiger partial charge in [-0.05, 0) is 64.8 Å². The number of alkyl halides is 2. The molecule has 0 bridgehead atoms. The zero-order valence-corrected chi connectivity index (χ0v) is 22.6. The molecule has 1 amide bonds. The van der Waals surface area contributed by atoms with Crippen LogP contribution in [0.5, 0.6) is 0 Å². The maximum Gasteiger partial charge on any atom is 0.303 e. The van der Waals surface area contributed by atoms with Gasteiger partial charge in [0.25, 0.3) is 0 Å². The number of rotatable bonds is 8. The van der Waals surface area contributed by atoms with Crippen molar-refractivity contribution in [3.8, 4) is 0 Å². The summed E-state index contributed by atoms with van der Waals surface area (Å²) in [5.74, 6) is -4.13. The molecule has 0 fully saturated rings. The maximum absolute atomic E-state index is 15.4. The average molecular weight is 531 g/mol. The van der Waals surface area contributed by atoms with E-state index in [2.05, 4.69) is 15.3 Å². The minimum Gasteiger partial charge on any atom is -0.385 e. The van der Waals surface area contributed by atoms with Crippen molar-refractivity contribution in [1.82, 2.24) is 9.97 Å². The monoisotopic (exact) mass is 530 g/mol. The van der Waals surface area contributed by atoms with Crippen molar-refractivity contribution in [2.45, 2.75) is 64.0 Å². The van der Waals surface area contributed by atoms with Gasteiger partial charge in [0.1, 0.15) is 23.1 Å². The number of benzene rings is 2. The number of nitrogens with zero attached hydrogens (tertiary/aromatic N) is 3. The van der Waals surface area contributed by atoms with Gasteiger partial charge in [0.15, 0.2) is 0 Å². The lowest BCUT2D eigenvalue weighted by molar-refractivity contribution is -0.170. The number of aliphatic hydroxyl groups is 1. The smallest absolute Gasteiger partial charge is 0.303 e. The Morgan fingerprint density at radius 1 is 1.24 bits per heavy atom. The van der Waals surface area contributed by atoms with Crippen LogP contribution in [0, 0.1) is 12.7 Å². The first-order valence-corrected chi connectivity index (χ1v) is 12.4. The van der Waals surface area contributed by atoms with Gasteiger partial charge in [0, 0.05) is 37.4 Å². The van der Waals surface area contributed by atoms with Crippen LogP contribution in [0.3, 0.4) is 0 Å². The van der Waals surface area contributed by atoms with Crippen LogP contribution in [-0.2, 0) is 20.9 Å². The predicted octanol–water partition coefficient (Wildman–Crippen LogP) is 5.38. The normalized spacial score (nSPS) is 18.7. The number of amides is 1. The van der Waals surface area contributed by atoms with Crippen LogP contribution in [-0.4, -0.2) is 47.3 Å². The number of nitrogens with one attached hydrogen (secondary N) is 1. The molecule has 0 radical (unpaired) electrons. The summed E-state index contributed by atoms with van der Waals surface area (Å²) in [6.45, 7) is 7.54. The number of carbonyl (C=O) groups is 1. The van der Waals surface area contributed by atoms with Crippen molar-refractivity contribution < 1.29 is 27.8 Å². The van der Waals surface area contributed by atoms with E-state index in [0.717, 1.165) is 25.5 Å². The molecule has 0 saturated heterocycles. The van der Waals surface area contributed by atoms with E-state index in [-0.39, 0.29) is 11.5 Å². The Labute approximate surface area is 220 Å². The van der Waals surface area contributed by atoms with E-state index < -0.39 is 34.4 Å². The highest BCUT2D eigenvalue weighted by atomic mass is 19.3. The number of fused-ring (bicyclic) bond motifs is 2. The second-order valence-corrected chi connectivity index (χ2v) is 10.7. The third-order valence-electron chi connectivity index (χ3n) is 7.42. The van der Waals surface area contributed by atoms with Crippen molar-refractivity contribution >= 4 is 28.3 Å². The molecule has 0 unspecified atom stereocenters. The first kappa shape index (κ1) is 27.8. The second kappa shape index (κ2) is 9.50. The Morgan fingerprint density at radius 2 is 1.92 bits per heavy atom. The third-order valence-corrected chi connectivity index (χ3v) is 7.42. The molecule has 204 valence electrons. The quantitative estimate of drug-likeness (QED) is 0.407. The number of methoxy groups -OCH3 is 1. The van der Waals surface area contributed by atoms with Crippen molar-refractivity contribution in [3.63, 3.8) is 0 Å². The molecule has 1 aliphatic heterocycles. The standard InChI is InChI=1S/C28H33F3N4O3/c1-15(17-9-8-10-19(23(17)29)28(30,31)26(3,4)37)32-24-18-13-22-20(14-21(18)33-16(2)34-24)27(5,11-12-38-7)25(36)35(22)6/h8-10,13-15,37H,11-12H2,1-7H3,(H,32,33,34)/t15-,27-/m1/s1. The highest BCUT2D eigenvalue weighted by Crippen LogP contribution is 2.46. The van der Waals surface area contributed by atoms with Gasteiger partial charge in [-0.2, -0.15) is 8.78 Å². The summed E-state index contributed by atoms with van der Waals surface area (Å²) in [5.41, 5.74) is -1.97. The largest absolute Gasteiger partial charge is 0.385 e. The van der Waals surface area contributed by atoms with E-state index in [0.29, 0.717) is 41.3 Å². The van der Waals surface area contributed by atoms with E-state index >= 15 is 4.39 Å². The van der Waals surface area contributed by atoms with Gasteiger partial charge in [0.05, 0.1) is 22.5 Å². The minimum absolute atomic E-state index is 0.00330. The summed E-state index contributed by atoms with van der Waals surface area (Å²) in [6, 6.07) is 6.66. The van der Waals surface area contributed by atoms with Crippen LogP contribution < -0.4 is 10.2 Å². The highest BCUT2D eigenvalue weighted by molar-refractivity contribution is 6.10. The molecular formula is C28H33F3N4O3. The first-order valence-electron chi connectivity index (χ1n) is 12.4. The van der Waals surface area contributed by atoms with Crippen LogP contribution in [0.2, 0.25) is 0 Å². The van der Waals surface area contributed by atoms with Gasteiger partial charge < -0.3 is 20.1 Å². The number of carbonyl (C=O) groups excluding carboxylic acids is 1. The number of likely N-dealkylation sites (N-methyl/N-ethyl adjacent to an activating group) is 1. The molecule has 2 heterocycles. The van der Waals surface area contributed by atoms with Gasteiger partial charge in [-0.3, -0.25) is 4.79 Å². The Balaban J connectivity index is 1.78. The van der Waals surface area contributed by atoms with E-state index in [1.54, 1.807) is 32.9 Å². The molecule has 2 aromatic carbocycles. The molecule has 10 heteroatoms. The molecular weight excluding hydrogens is 497 g/mol. The Morgan fingerprint density at radius 3 is 2.55 bits per heavy atom. The minimum atomic E-state index is -3.81. The lowest BCUT2D eigenvalue weighted by Gasteiger charge is -2.30. The van der Waals surface area contributed by atoms with E-state index in [9.17, 15) is 18.7 Å².